The molecule has 15 heavy (non-hydrogen) atoms. The summed E-state index contributed by atoms with van der Waals surface area (Å²) in [6.07, 6.45) is 5.24. The first-order valence-corrected chi connectivity index (χ1v) is 6.06. The second-order valence-electron chi connectivity index (χ2n) is 4.64. The van der Waals surface area contributed by atoms with Crippen molar-refractivity contribution >= 4 is 11.6 Å². The average Bonchev–Trinajstić information content (AvgIpc) is 2.11. The maximum absolute atomic E-state index is 6.21. The van der Waals surface area contributed by atoms with E-state index in [2.05, 4.69) is 13.0 Å². The summed E-state index contributed by atoms with van der Waals surface area (Å²) < 4.78 is 0. The fourth-order valence-electron chi connectivity index (χ4n) is 2.27. The number of hydrogen-bond donors (Lipinski definition) is 1. The van der Waals surface area contributed by atoms with Crippen molar-refractivity contribution in [1.29, 1.82) is 0 Å². The van der Waals surface area contributed by atoms with Gasteiger partial charge in [-0.15, -0.1) is 0 Å². The van der Waals surface area contributed by atoms with Gasteiger partial charge in [-0.05, 0) is 42.5 Å². The van der Waals surface area contributed by atoms with Crippen LogP contribution in [0.25, 0.3) is 0 Å². The van der Waals surface area contributed by atoms with Gasteiger partial charge in [0, 0.05) is 11.1 Å². The van der Waals surface area contributed by atoms with E-state index < -0.39 is 0 Å². The lowest BCUT2D eigenvalue weighted by Gasteiger charge is -2.28. The van der Waals surface area contributed by atoms with Crippen LogP contribution in [0.5, 0.6) is 0 Å². The molecular weight excluding hydrogens is 206 g/mol. The molecular formula is C13H18ClN. The number of halogens is 1. The molecule has 1 fully saturated rings. The predicted molar refractivity (Wildman–Crippen MR) is 65.1 cm³/mol. The maximum atomic E-state index is 6.21. The predicted octanol–water partition coefficient (Wildman–Crippen LogP) is 3.84. The van der Waals surface area contributed by atoms with Crippen LogP contribution in [0.1, 0.15) is 42.9 Å². The van der Waals surface area contributed by atoms with Crippen LogP contribution < -0.4 is 5.73 Å². The minimum Gasteiger partial charge on any atom is -0.324 e. The number of nitrogens with two attached hydrogens (primary N) is 1. The molecule has 0 spiro atoms. The molecule has 0 heterocycles. The molecule has 1 atom stereocenters. The molecule has 1 unspecified atom stereocenters. The van der Waals surface area contributed by atoms with E-state index >= 15 is 0 Å². The lowest BCUT2D eigenvalue weighted by atomic mass is 9.79. The van der Waals surface area contributed by atoms with Gasteiger partial charge in [-0.1, -0.05) is 36.9 Å². The minimum absolute atomic E-state index is 0.188. The molecule has 0 radical (unpaired) electrons. The SMILES string of the molecule is Cc1cc(Cl)ccc1C(N)CC1CCC1. The third-order valence-electron chi connectivity index (χ3n) is 3.44. The lowest BCUT2D eigenvalue weighted by molar-refractivity contribution is 0.277. The summed E-state index contributed by atoms with van der Waals surface area (Å²) in [6.45, 7) is 2.09. The smallest absolute Gasteiger partial charge is 0.0408 e. The third-order valence-corrected chi connectivity index (χ3v) is 3.68. The molecule has 0 amide bonds. The van der Waals surface area contributed by atoms with E-state index in [1.807, 2.05) is 12.1 Å². The molecule has 82 valence electrons. The molecule has 2 heteroatoms. The summed E-state index contributed by atoms with van der Waals surface area (Å²) in [5, 5.41) is 0.798. The molecule has 1 aromatic rings. The van der Waals surface area contributed by atoms with Crippen molar-refractivity contribution in [3.05, 3.63) is 34.3 Å². The molecule has 1 aromatic carbocycles. The first-order valence-electron chi connectivity index (χ1n) is 5.68. The van der Waals surface area contributed by atoms with E-state index in [1.165, 1.54) is 30.4 Å². The Morgan fingerprint density at radius 3 is 2.73 bits per heavy atom. The molecule has 0 aromatic heterocycles. The highest BCUT2D eigenvalue weighted by atomic mass is 35.5. The highest BCUT2D eigenvalue weighted by Gasteiger charge is 2.21. The van der Waals surface area contributed by atoms with E-state index in [4.69, 9.17) is 17.3 Å². The highest BCUT2D eigenvalue weighted by molar-refractivity contribution is 6.30. The normalized spacial score (nSPS) is 18.6. The Hall–Kier alpha value is -0.530. The Bertz CT molecular complexity index is 344. The van der Waals surface area contributed by atoms with Gasteiger partial charge in [0.25, 0.3) is 0 Å². The van der Waals surface area contributed by atoms with Gasteiger partial charge in [0.2, 0.25) is 0 Å². The Balaban J connectivity index is 2.06. The van der Waals surface area contributed by atoms with Crippen LogP contribution >= 0.6 is 11.6 Å². The van der Waals surface area contributed by atoms with Crippen LogP contribution in [0.2, 0.25) is 5.02 Å². The zero-order chi connectivity index (χ0) is 10.8. The van der Waals surface area contributed by atoms with Crippen molar-refractivity contribution in [3.8, 4) is 0 Å². The molecule has 2 rings (SSSR count). The van der Waals surface area contributed by atoms with Crippen LogP contribution in [-0.4, -0.2) is 0 Å². The van der Waals surface area contributed by atoms with Crippen molar-refractivity contribution in [2.75, 3.05) is 0 Å². The van der Waals surface area contributed by atoms with Crippen molar-refractivity contribution in [2.24, 2.45) is 11.7 Å². The zero-order valence-electron chi connectivity index (χ0n) is 9.17. The van der Waals surface area contributed by atoms with Crippen molar-refractivity contribution in [2.45, 2.75) is 38.6 Å². The van der Waals surface area contributed by atoms with Gasteiger partial charge in [0.05, 0.1) is 0 Å². The standard InChI is InChI=1S/C13H18ClN/c1-9-7-11(14)5-6-12(9)13(15)8-10-3-2-4-10/h5-7,10,13H,2-4,8,15H2,1H3. The van der Waals surface area contributed by atoms with Gasteiger partial charge in [-0.3, -0.25) is 0 Å². The monoisotopic (exact) mass is 223 g/mol. The largest absolute Gasteiger partial charge is 0.324 e. The zero-order valence-corrected chi connectivity index (χ0v) is 9.93. The Morgan fingerprint density at radius 2 is 2.20 bits per heavy atom. The van der Waals surface area contributed by atoms with Gasteiger partial charge < -0.3 is 5.73 Å². The minimum atomic E-state index is 0.188. The van der Waals surface area contributed by atoms with E-state index in [0.717, 1.165) is 17.4 Å². The van der Waals surface area contributed by atoms with Crippen LogP contribution in [0.3, 0.4) is 0 Å². The van der Waals surface area contributed by atoms with Crippen LogP contribution in [0, 0.1) is 12.8 Å². The maximum Gasteiger partial charge on any atom is 0.0408 e. The fraction of sp³-hybridized carbons (Fsp3) is 0.538. The van der Waals surface area contributed by atoms with Crippen molar-refractivity contribution < 1.29 is 0 Å². The first-order chi connectivity index (χ1) is 7.16. The molecule has 0 aliphatic heterocycles. The Morgan fingerprint density at radius 1 is 1.47 bits per heavy atom. The van der Waals surface area contributed by atoms with Crippen molar-refractivity contribution in [3.63, 3.8) is 0 Å². The number of benzene rings is 1. The van der Waals surface area contributed by atoms with Gasteiger partial charge in [-0.2, -0.15) is 0 Å². The molecule has 2 N–H and O–H groups in total. The van der Waals surface area contributed by atoms with E-state index in [9.17, 15) is 0 Å². The molecule has 1 aliphatic carbocycles. The summed E-state index contributed by atoms with van der Waals surface area (Å²) in [4.78, 5) is 0. The summed E-state index contributed by atoms with van der Waals surface area (Å²) in [6, 6.07) is 6.19. The second-order valence-corrected chi connectivity index (χ2v) is 5.08. The Kier molecular flexibility index (Phi) is 3.32. The molecule has 0 bridgehead atoms. The van der Waals surface area contributed by atoms with E-state index in [1.54, 1.807) is 0 Å². The summed E-state index contributed by atoms with van der Waals surface area (Å²) in [7, 11) is 0. The lowest BCUT2D eigenvalue weighted by Crippen LogP contribution is -2.20. The molecule has 1 nitrogen and oxygen atoms in total. The molecule has 0 saturated heterocycles. The van der Waals surface area contributed by atoms with Gasteiger partial charge in [0.15, 0.2) is 0 Å². The van der Waals surface area contributed by atoms with Gasteiger partial charge in [0.1, 0.15) is 0 Å². The topological polar surface area (TPSA) is 26.0 Å². The first kappa shape index (κ1) is 11.0. The highest BCUT2D eigenvalue weighted by Crippen LogP contribution is 2.34. The van der Waals surface area contributed by atoms with E-state index in [-0.39, 0.29) is 6.04 Å². The van der Waals surface area contributed by atoms with Crippen LogP contribution in [0.15, 0.2) is 18.2 Å². The summed E-state index contributed by atoms with van der Waals surface area (Å²) in [5.41, 5.74) is 8.69. The van der Waals surface area contributed by atoms with Gasteiger partial charge in [-0.25, -0.2) is 0 Å². The molecule has 1 saturated carbocycles. The fourth-order valence-corrected chi connectivity index (χ4v) is 2.50. The van der Waals surface area contributed by atoms with E-state index in [0.29, 0.717) is 0 Å². The molecule has 1 aliphatic rings. The van der Waals surface area contributed by atoms with Gasteiger partial charge >= 0.3 is 0 Å². The van der Waals surface area contributed by atoms with Crippen LogP contribution in [-0.2, 0) is 0 Å². The summed E-state index contributed by atoms with van der Waals surface area (Å²) >= 11 is 5.93. The Labute approximate surface area is 96.6 Å². The van der Waals surface area contributed by atoms with Crippen molar-refractivity contribution in [1.82, 2.24) is 0 Å². The average molecular weight is 224 g/mol. The second kappa shape index (κ2) is 4.54. The quantitative estimate of drug-likeness (QED) is 0.828. The summed E-state index contributed by atoms with van der Waals surface area (Å²) in [5.74, 6) is 0.857. The van der Waals surface area contributed by atoms with Crippen LogP contribution in [0.4, 0.5) is 0 Å². The number of hydrogen-bond acceptors (Lipinski definition) is 1. The number of aryl methyl sites for hydroxylation is 1. The third kappa shape index (κ3) is 2.53. The number of rotatable bonds is 3.